The molecular formula is C4Cl8O2. The van der Waals surface area contributed by atoms with Crippen LogP contribution in [0.15, 0.2) is 0 Å². The highest BCUT2D eigenvalue weighted by Gasteiger charge is 2.28. The van der Waals surface area contributed by atoms with E-state index in [0.29, 0.717) is 0 Å². The first-order valence-corrected chi connectivity index (χ1v) is 5.44. The summed E-state index contributed by atoms with van der Waals surface area (Å²) >= 11 is 38.9. The van der Waals surface area contributed by atoms with Crippen LogP contribution in [0.5, 0.6) is 0 Å². The molecule has 0 aromatic carbocycles. The molecule has 0 aliphatic heterocycles. The molecule has 0 aliphatic carbocycles. The van der Waals surface area contributed by atoms with Crippen LogP contribution in [0, 0.1) is 0 Å². The lowest BCUT2D eigenvalue weighted by atomic mass is 10.9. The lowest BCUT2D eigenvalue weighted by Gasteiger charge is -1.99. The van der Waals surface area contributed by atoms with E-state index >= 15 is 0 Å². The van der Waals surface area contributed by atoms with E-state index < -0.39 is 18.1 Å². The Balaban J connectivity index is 0. The van der Waals surface area contributed by atoms with Crippen molar-refractivity contribution in [2.75, 3.05) is 0 Å². The first kappa shape index (κ1) is 18.0. The second-order valence-electron chi connectivity index (χ2n) is 1.54. The van der Waals surface area contributed by atoms with E-state index in [-0.39, 0.29) is 0 Å². The normalized spacial score (nSPS) is 11.4. The van der Waals surface area contributed by atoms with Gasteiger partial charge in [-0.15, -0.1) is 0 Å². The first-order chi connectivity index (χ1) is 5.89. The third-order valence-corrected chi connectivity index (χ3v) is 2.62. The van der Waals surface area contributed by atoms with E-state index in [9.17, 15) is 9.59 Å². The number of hydrogen-bond donors (Lipinski definition) is 0. The fraction of sp³-hybridized carbons (Fsp3) is 0.500. The van der Waals surface area contributed by atoms with E-state index in [2.05, 4.69) is 0 Å². The summed E-state index contributed by atoms with van der Waals surface area (Å²) in [6.07, 6.45) is 0. The summed E-state index contributed by atoms with van der Waals surface area (Å²) in [4.78, 5) is 19.7. The molecule has 0 saturated heterocycles. The summed E-state index contributed by atoms with van der Waals surface area (Å²) in [5.41, 5.74) is 0. The Morgan fingerprint density at radius 2 is 0.714 bits per heavy atom. The van der Waals surface area contributed by atoms with Gasteiger partial charge < -0.3 is 0 Å². The van der Waals surface area contributed by atoms with Crippen LogP contribution in [0.25, 0.3) is 0 Å². The molecule has 0 aromatic heterocycles. The van der Waals surface area contributed by atoms with Gasteiger partial charge in [-0.2, -0.15) is 0 Å². The molecule has 0 bridgehead atoms. The molecule has 0 aliphatic rings. The van der Waals surface area contributed by atoms with E-state index in [0.717, 1.165) is 0 Å². The number of hydrogen-bond acceptors (Lipinski definition) is 2. The minimum absolute atomic E-state index is 0.988. The van der Waals surface area contributed by atoms with E-state index in [4.69, 9.17) is 92.8 Å². The van der Waals surface area contributed by atoms with Crippen LogP contribution in [0.3, 0.4) is 0 Å². The summed E-state index contributed by atoms with van der Waals surface area (Å²) in [5, 5.41) is -1.98. The van der Waals surface area contributed by atoms with E-state index in [1.165, 1.54) is 0 Å². The van der Waals surface area contributed by atoms with Crippen LogP contribution in [0.1, 0.15) is 0 Å². The third kappa shape index (κ3) is 11.7. The molecule has 0 atom stereocenters. The molecular weight excluding hydrogens is 364 g/mol. The van der Waals surface area contributed by atoms with Crippen molar-refractivity contribution in [3.8, 4) is 0 Å². The molecule has 2 nitrogen and oxygen atoms in total. The summed E-state index contributed by atoms with van der Waals surface area (Å²) in [6.45, 7) is 0. The van der Waals surface area contributed by atoms with E-state index in [1.807, 2.05) is 0 Å². The summed E-state index contributed by atoms with van der Waals surface area (Å²) in [6, 6.07) is 0. The van der Waals surface area contributed by atoms with Crippen molar-refractivity contribution in [3.63, 3.8) is 0 Å². The molecule has 84 valence electrons. The summed E-state index contributed by atoms with van der Waals surface area (Å²) in [7, 11) is 0. The number of carbonyl (C=O) groups excluding carboxylic acids is 2. The van der Waals surface area contributed by atoms with Gasteiger partial charge >= 0.3 is 0 Å². The maximum absolute atomic E-state index is 9.83. The van der Waals surface area contributed by atoms with Crippen molar-refractivity contribution in [2.45, 2.75) is 7.59 Å². The van der Waals surface area contributed by atoms with Gasteiger partial charge in [-0.05, 0) is 23.2 Å². The molecule has 0 heterocycles. The molecule has 0 saturated carbocycles. The van der Waals surface area contributed by atoms with Crippen molar-refractivity contribution in [3.05, 3.63) is 0 Å². The Hall–Kier alpha value is 1.66. The maximum atomic E-state index is 9.83. The van der Waals surface area contributed by atoms with Crippen LogP contribution in [-0.2, 0) is 9.59 Å². The average Bonchev–Trinajstić information content (AvgIpc) is 1.83. The van der Waals surface area contributed by atoms with Crippen LogP contribution in [0.4, 0.5) is 0 Å². The Bertz CT molecular complexity index is 188. The van der Waals surface area contributed by atoms with Crippen molar-refractivity contribution in [2.24, 2.45) is 0 Å². The Kier molecular flexibility index (Phi) is 9.12. The molecule has 0 fully saturated rings. The van der Waals surface area contributed by atoms with E-state index in [1.54, 1.807) is 0 Å². The predicted octanol–water partition coefficient (Wildman–Crippen LogP) is 4.24. The zero-order valence-corrected chi connectivity index (χ0v) is 11.9. The number of alkyl halides is 6. The standard InChI is InChI=1S/2C2Cl4O/c2*3-1(7)2(4,5)6. The highest BCUT2D eigenvalue weighted by atomic mass is 35.6. The van der Waals surface area contributed by atoms with Gasteiger partial charge in [-0.1, -0.05) is 69.6 Å². The van der Waals surface area contributed by atoms with Crippen molar-refractivity contribution in [1.82, 2.24) is 0 Å². The molecule has 0 unspecified atom stereocenters. The summed E-state index contributed by atoms with van der Waals surface area (Å²) in [5.74, 6) is 0. The smallest absolute Gasteiger partial charge is 0.273 e. The van der Waals surface area contributed by atoms with Gasteiger partial charge in [0.15, 0.2) is 0 Å². The average molecular weight is 364 g/mol. The second-order valence-corrected chi connectivity index (χ2v) is 6.79. The zero-order chi connectivity index (χ0) is 12.2. The van der Waals surface area contributed by atoms with Crippen molar-refractivity contribution >= 4 is 103 Å². The van der Waals surface area contributed by atoms with Gasteiger partial charge in [0.05, 0.1) is 0 Å². The third-order valence-electron chi connectivity index (χ3n) is 0.446. The fourth-order valence-corrected chi connectivity index (χ4v) is 0. The molecule has 14 heavy (non-hydrogen) atoms. The Labute approximate surface area is 120 Å². The van der Waals surface area contributed by atoms with Gasteiger partial charge in [-0.25, -0.2) is 0 Å². The minimum atomic E-state index is -1.96. The minimum Gasteiger partial charge on any atom is -0.276 e. The van der Waals surface area contributed by atoms with Crippen LogP contribution in [-0.4, -0.2) is 18.1 Å². The van der Waals surface area contributed by atoms with Crippen molar-refractivity contribution < 1.29 is 9.59 Å². The fourth-order valence-electron chi connectivity index (χ4n) is 0. The highest BCUT2D eigenvalue weighted by Crippen LogP contribution is 2.28. The molecule has 10 heteroatoms. The molecule has 0 radical (unpaired) electrons. The van der Waals surface area contributed by atoms with Gasteiger partial charge in [0, 0.05) is 0 Å². The highest BCUT2D eigenvalue weighted by molar-refractivity contribution is 6.89. The monoisotopic (exact) mass is 360 g/mol. The molecule has 0 spiro atoms. The zero-order valence-electron chi connectivity index (χ0n) is 5.84. The van der Waals surface area contributed by atoms with Gasteiger partial charge in [0.2, 0.25) is 0 Å². The topological polar surface area (TPSA) is 34.1 Å². The number of rotatable bonds is 0. The van der Waals surface area contributed by atoms with Crippen molar-refractivity contribution in [1.29, 1.82) is 0 Å². The van der Waals surface area contributed by atoms with Gasteiger partial charge in [-0.3, -0.25) is 9.59 Å². The Morgan fingerprint density at radius 3 is 0.714 bits per heavy atom. The lowest BCUT2D eigenvalue weighted by Crippen LogP contribution is -2.10. The molecule has 0 rings (SSSR count). The van der Waals surface area contributed by atoms with Crippen LogP contribution in [0.2, 0.25) is 0 Å². The molecule has 0 amide bonds. The maximum Gasteiger partial charge on any atom is 0.273 e. The van der Waals surface area contributed by atoms with Gasteiger partial charge in [0.1, 0.15) is 0 Å². The summed E-state index contributed by atoms with van der Waals surface area (Å²) < 4.78 is -3.91. The lowest BCUT2D eigenvalue weighted by molar-refractivity contribution is -0.111. The molecule has 0 N–H and O–H groups in total. The second kappa shape index (κ2) is 7.08. The number of carbonyl (C=O) groups is 2. The SMILES string of the molecule is O=C(Cl)C(Cl)(Cl)Cl.O=C(Cl)C(Cl)(Cl)Cl. The first-order valence-electron chi connectivity index (χ1n) is 2.42. The van der Waals surface area contributed by atoms with Gasteiger partial charge in [0.25, 0.3) is 18.1 Å². The largest absolute Gasteiger partial charge is 0.276 e. The Morgan fingerprint density at radius 1 is 0.643 bits per heavy atom. The number of halogens is 8. The quantitative estimate of drug-likeness (QED) is 0.476. The predicted molar refractivity (Wildman–Crippen MR) is 62.3 cm³/mol. The van der Waals surface area contributed by atoms with Crippen LogP contribution >= 0.6 is 92.8 Å². The molecule has 0 aromatic rings. The van der Waals surface area contributed by atoms with Crippen LogP contribution < -0.4 is 0 Å².